The predicted octanol–water partition coefficient (Wildman–Crippen LogP) is 1.70. The van der Waals surface area contributed by atoms with Gasteiger partial charge in [0.05, 0.1) is 0 Å². The SMILES string of the molecule is Cc1c(NN)nc(C(C)C)nc1NCCN1CCCC1. The lowest BCUT2D eigenvalue weighted by Crippen LogP contribution is -2.26. The molecule has 2 heterocycles. The maximum Gasteiger partial charge on any atom is 0.148 e. The summed E-state index contributed by atoms with van der Waals surface area (Å²) in [7, 11) is 0. The Labute approximate surface area is 121 Å². The van der Waals surface area contributed by atoms with Gasteiger partial charge in [0.2, 0.25) is 0 Å². The van der Waals surface area contributed by atoms with E-state index < -0.39 is 0 Å². The average Bonchev–Trinajstić information content (AvgIpc) is 2.93. The average molecular weight is 278 g/mol. The molecule has 0 atom stereocenters. The van der Waals surface area contributed by atoms with Gasteiger partial charge in [-0.25, -0.2) is 15.8 Å². The molecule has 1 aliphatic heterocycles. The van der Waals surface area contributed by atoms with E-state index in [4.69, 9.17) is 5.84 Å². The van der Waals surface area contributed by atoms with Crippen LogP contribution in [0.1, 0.15) is 44.0 Å². The van der Waals surface area contributed by atoms with Crippen LogP contribution in [0.15, 0.2) is 0 Å². The monoisotopic (exact) mass is 278 g/mol. The first-order chi connectivity index (χ1) is 9.61. The molecule has 0 saturated carbocycles. The van der Waals surface area contributed by atoms with E-state index in [1.807, 2.05) is 6.92 Å². The molecule has 0 radical (unpaired) electrons. The second-order valence-corrected chi connectivity index (χ2v) is 5.68. The molecule has 1 fully saturated rings. The Balaban J connectivity index is 2.03. The van der Waals surface area contributed by atoms with Gasteiger partial charge in [-0.2, -0.15) is 0 Å². The summed E-state index contributed by atoms with van der Waals surface area (Å²) < 4.78 is 0. The van der Waals surface area contributed by atoms with Crippen LogP contribution in [0.3, 0.4) is 0 Å². The molecule has 1 aromatic rings. The Hall–Kier alpha value is -1.40. The Morgan fingerprint density at radius 1 is 1.20 bits per heavy atom. The van der Waals surface area contributed by atoms with Crippen LogP contribution < -0.4 is 16.6 Å². The van der Waals surface area contributed by atoms with Crippen LogP contribution in [0.25, 0.3) is 0 Å². The lowest BCUT2D eigenvalue weighted by atomic mass is 10.2. The van der Waals surface area contributed by atoms with Crippen molar-refractivity contribution in [2.75, 3.05) is 36.9 Å². The van der Waals surface area contributed by atoms with Crippen LogP contribution in [0.4, 0.5) is 11.6 Å². The summed E-state index contributed by atoms with van der Waals surface area (Å²) in [5, 5.41) is 3.42. The molecule has 0 aromatic carbocycles. The third-order valence-corrected chi connectivity index (χ3v) is 3.74. The molecule has 4 N–H and O–H groups in total. The summed E-state index contributed by atoms with van der Waals surface area (Å²) >= 11 is 0. The van der Waals surface area contributed by atoms with Crippen LogP contribution in [0.2, 0.25) is 0 Å². The van der Waals surface area contributed by atoms with Crippen molar-refractivity contribution in [2.45, 2.75) is 39.5 Å². The van der Waals surface area contributed by atoms with Crippen LogP contribution in [0.5, 0.6) is 0 Å². The van der Waals surface area contributed by atoms with Gasteiger partial charge < -0.3 is 15.6 Å². The molecular weight excluding hydrogens is 252 g/mol. The minimum atomic E-state index is 0.279. The zero-order valence-electron chi connectivity index (χ0n) is 12.7. The number of aromatic nitrogens is 2. The van der Waals surface area contributed by atoms with Gasteiger partial charge in [-0.3, -0.25) is 0 Å². The van der Waals surface area contributed by atoms with E-state index >= 15 is 0 Å². The number of nitrogens with two attached hydrogens (primary N) is 1. The van der Waals surface area contributed by atoms with Crippen LogP contribution in [-0.2, 0) is 0 Å². The zero-order chi connectivity index (χ0) is 14.5. The number of hydrazine groups is 1. The molecule has 1 aromatic heterocycles. The van der Waals surface area contributed by atoms with Crippen molar-refractivity contribution < 1.29 is 0 Å². The second-order valence-electron chi connectivity index (χ2n) is 5.68. The lowest BCUT2D eigenvalue weighted by molar-refractivity contribution is 0.352. The summed E-state index contributed by atoms with van der Waals surface area (Å²) in [5.74, 6) is 8.22. The maximum atomic E-state index is 5.54. The van der Waals surface area contributed by atoms with E-state index in [2.05, 4.69) is 39.5 Å². The third kappa shape index (κ3) is 3.58. The van der Waals surface area contributed by atoms with Crippen molar-refractivity contribution in [1.29, 1.82) is 0 Å². The first-order valence-electron chi connectivity index (χ1n) is 7.43. The van der Waals surface area contributed by atoms with E-state index in [0.717, 1.165) is 30.3 Å². The fourth-order valence-corrected chi connectivity index (χ4v) is 2.44. The predicted molar refractivity (Wildman–Crippen MR) is 82.8 cm³/mol. The van der Waals surface area contributed by atoms with Gasteiger partial charge in [-0.15, -0.1) is 0 Å². The molecule has 6 nitrogen and oxygen atoms in total. The Kier molecular flexibility index (Phi) is 5.14. The van der Waals surface area contributed by atoms with Gasteiger partial charge in [0.25, 0.3) is 0 Å². The van der Waals surface area contributed by atoms with Crippen molar-refractivity contribution >= 4 is 11.6 Å². The number of rotatable bonds is 6. The number of nitrogens with one attached hydrogen (secondary N) is 2. The highest BCUT2D eigenvalue weighted by atomic mass is 15.3. The third-order valence-electron chi connectivity index (χ3n) is 3.74. The largest absolute Gasteiger partial charge is 0.368 e. The molecule has 0 bridgehead atoms. The van der Waals surface area contributed by atoms with Crippen LogP contribution >= 0.6 is 0 Å². The number of nitrogens with zero attached hydrogens (tertiary/aromatic N) is 3. The molecule has 2 rings (SSSR count). The fourth-order valence-electron chi connectivity index (χ4n) is 2.44. The molecule has 0 spiro atoms. The highest BCUT2D eigenvalue weighted by molar-refractivity contribution is 5.56. The van der Waals surface area contributed by atoms with E-state index in [0.29, 0.717) is 5.82 Å². The van der Waals surface area contributed by atoms with Gasteiger partial charge in [0.15, 0.2) is 0 Å². The van der Waals surface area contributed by atoms with Crippen molar-refractivity contribution in [3.05, 3.63) is 11.4 Å². The standard InChI is InChI=1S/C14H26N6/c1-10(2)12-17-13(11(3)14(18-12)19-15)16-6-9-20-7-4-5-8-20/h10H,4-9,15H2,1-3H3,(H2,16,17,18,19). The Morgan fingerprint density at radius 3 is 2.45 bits per heavy atom. The number of nitrogen functional groups attached to an aromatic ring is 1. The van der Waals surface area contributed by atoms with Gasteiger partial charge in [0.1, 0.15) is 17.5 Å². The van der Waals surface area contributed by atoms with Crippen molar-refractivity contribution in [3.8, 4) is 0 Å². The summed E-state index contributed by atoms with van der Waals surface area (Å²) in [6.07, 6.45) is 2.65. The van der Waals surface area contributed by atoms with Crippen molar-refractivity contribution in [2.24, 2.45) is 5.84 Å². The van der Waals surface area contributed by atoms with Gasteiger partial charge in [0, 0.05) is 24.6 Å². The highest BCUT2D eigenvalue weighted by Crippen LogP contribution is 2.22. The van der Waals surface area contributed by atoms with Gasteiger partial charge in [-0.05, 0) is 32.9 Å². The minimum Gasteiger partial charge on any atom is -0.368 e. The summed E-state index contributed by atoms with van der Waals surface area (Å²) in [6.45, 7) is 10.6. The fraction of sp³-hybridized carbons (Fsp3) is 0.714. The first kappa shape index (κ1) is 15.0. The molecule has 112 valence electrons. The second kappa shape index (κ2) is 6.85. The summed E-state index contributed by atoms with van der Waals surface area (Å²) in [5.41, 5.74) is 3.63. The number of hydrogen-bond donors (Lipinski definition) is 3. The molecular formula is C14H26N6. The molecule has 0 unspecified atom stereocenters. The molecule has 1 saturated heterocycles. The number of hydrogen-bond acceptors (Lipinski definition) is 6. The van der Waals surface area contributed by atoms with Crippen molar-refractivity contribution in [3.63, 3.8) is 0 Å². The number of likely N-dealkylation sites (tertiary alicyclic amines) is 1. The molecule has 1 aliphatic rings. The minimum absolute atomic E-state index is 0.279. The summed E-state index contributed by atoms with van der Waals surface area (Å²) in [4.78, 5) is 11.5. The van der Waals surface area contributed by atoms with E-state index in [-0.39, 0.29) is 5.92 Å². The lowest BCUT2D eigenvalue weighted by Gasteiger charge is -2.18. The Morgan fingerprint density at radius 2 is 1.85 bits per heavy atom. The van der Waals surface area contributed by atoms with E-state index in [1.165, 1.54) is 25.9 Å². The topological polar surface area (TPSA) is 79.1 Å². The van der Waals surface area contributed by atoms with E-state index in [9.17, 15) is 0 Å². The van der Waals surface area contributed by atoms with Crippen molar-refractivity contribution in [1.82, 2.24) is 14.9 Å². The molecule has 0 amide bonds. The summed E-state index contributed by atoms with van der Waals surface area (Å²) in [6, 6.07) is 0. The quantitative estimate of drug-likeness (QED) is 0.543. The smallest absolute Gasteiger partial charge is 0.148 e. The van der Waals surface area contributed by atoms with E-state index in [1.54, 1.807) is 0 Å². The molecule has 0 aliphatic carbocycles. The first-order valence-corrected chi connectivity index (χ1v) is 7.43. The highest BCUT2D eigenvalue weighted by Gasteiger charge is 2.14. The van der Waals surface area contributed by atoms with Gasteiger partial charge >= 0.3 is 0 Å². The van der Waals surface area contributed by atoms with Crippen LogP contribution in [-0.4, -0.2) is 41.0 Å². The Bertz CT molecular complexity index is 440. The molecule has 20 heavy (non-hydrogen) atoms. The van der Waals surface area contributed by atoms with Gasteiger partial charge in [-0.1, -0.05) is 13.8 Å². The zero-order valence-corrected chi connectivity index (χ0v) is 12.7. The normalized spacial score (nSPS) is 15.8. The van der Waals surface area contributed by atoms with Crippen LogP contribution in [0, 0.1) is 6.92 Å². The maximum absolute atomic E-state index is 5.54. The number of anilines is 2. The molecule has 6 heteroatoms.